The molecule has 0 fully saturated rings. The fourth-order valence-electron chi connectivity index (χ4n) is 2.83. The molecule has 2 aromatic rings. The van der Waals surface area contributed by atoms with Crippen molar-refractivity contribution >= 4 is 23.2 Å². The third-order valence-corrected chi connectivity index (χ3v) is 6.30. The molecule has 0 aromatic carbocycles. The molecular weight excluding hydrogens is 442 g/mol. The maximum absolute atomic E-state index is 12.1. The largest absolute Gasteiger partial charge is 0.507 e. The van der Waals surface area contributed by atoms with Gasteiger partial charge in [0.1, 0.15) is 17.1 Å². The third-order valence-electron chi connectivity index (χ3n) is 5.16. The van der Waals surface area contributed by atoms with Gasteiger partial charge in [-0.25, -0.2) is 9.59 Å². The SMILES string of the molecule is CCC(C)C(=O)c1c(O)cc(C(C)CC/C=C/NC(=O)OC)oc1=O.CCc1ccc(C)s1. The van der Waals surface area contributed by atoms with Crippen LogP contribution in [-0.4, -0.2) is 24.1 Å². The monoisotopic (exact) mass is 477 g/mol. The molecule has 0 radical (unpaired) electrons. The zero-order valence-corrected chi connectivity index (χ0v) is 21.1. The van der Waals surface area contributed by atoms with Gasteiger partial charge < -0.3 is 14.3 Å². The molecule has 0 bridgehead atoms. The molecule has 0 aliphatic heterocycles. The zero-order chi connectivity index (χ0) is 25.0. The van der Waals surface area contributed by atoms with Gasteiger partial charge in [-0.1, -0.05) is 33.8 Å². The van der Waals surface area contributed by atoms with Crippen LogP contribution in [0.4, 0.5) is 4.79 Å². The lowest BCUT2D eigenvalue weighted by atomic mass is 9.96. The van der Waals surface area contributed by atoms with E-state index in [4.69, 9.17) is 4.42 Å². The number of Topliss-reactive ketones (excluding diaryl/α,β-unsaturated/α-hetero) is 1. The summed E-state index contributed by atoms with van der Waals surface area (Å²) in [4.78, 5) is 38.0. The van der Waals surface area contributed by atoms with Crippen LogP contribution in [0.2, 0.25) is 0 Å². The van der Waals surface area contributed by atoms with E-state index in [0.29, 0.717) is 25.0 Å². The van der Waals surface area contributed by atoms with Crippen LogP contribution in [0.15, 0.2) is 39.7 Å². The van der Waals surface area contributed by atoms with Crippen LogP contribution < -0.4 is 10.9 Å². The number of thiophene rings is 1. The highest BCUT2D eigenvalue weighted by atomic mass is 32.1. The Balaban J connectivity index is 0.000000568. The van der Waals surface area contributed by atoms with Gasteiger partial charge in [0.05, 0.1) is 7.11 Å². The quantitative estimate of drug-likeness (QED) is 0.433. The van der Waals surface area contributed by atoms with Crippen LogP contribution in [0.25, 0.3) is 0 Å². The summed E-state index contributed by atoms with van der Waals surface area (Å²) in [5.74, 6) is -0.938. The molecule has 2 heterocycles. The summed E-state index contributed by atoms with van der Waals surface area (Å²) in [6.07, 6.45) is 5.65. The van der Waals surface area contributed by atoms with E-state index in [0.717, 1.165) is 0 Å². The molecule has 2 unspecified atom stereocenters. The van der Waals surface area contributed by atoms with Gasteiger partial charge in [-0.3, -0.25) is 10.1 Å². The smallest absolute Gasteiger partial charge is 0.410 e. The van der Waals surface area contributed by atoms with Gasteiger partial charge in [-0.05, 0) is 44.7 Å². The summed E-state index contributed by atoms with van der Waals surface area (Å²) in [5, 5.41) is 12.5. The predicted octanol–water partition coefficient (Wildman–Crippen LogP) is 5.95. The van der Waals surface area contributed by atoms with Crippen molar-refractivity contribution in [1.82, 2.24) is 5.32 Å². The molecule has 2 N–H and O–H groups in total. The second-order valence-corrected chi connectivity index (χ2v) is 9.13. The van der Waals surface area contributed by atoms with Crippen LogP contribution in [-0.2, 0) is 11.2 Å². The summed E-state index contributed by atoms with van der Waals surface area (Å²) in [5.41, 5.74) is -1.09. The Kier molecular flexibility index (Phi) is 12.2. The molecule has 7 nitrogen and oxygen atoms in total. The number of ether oxygens (including phenoxy) is 1. The standard InChI is InChI=1S/C18H25NO6.C7H10S/c1-5-11(2)16(21)15-13(20)10-14(25-17(15)22)12(3)8-6-7-9-19-18(23)24-4;1-3-7-5-4-6(2)8-7/h7,9-12,20H,5-6,8H2,1-4H3,(H,19,23);4-5H,3H2,1-2H3/b9-7+;. The molecule has 0 aliphatic carbocycles. The molecule has 33 heavy (non-hydrogen) atoms. The van der Waals surface area contributed by atoms with E-state index in [1.54, 1.807) is 13.0 Å². The number of rotatable bonds is 9. The minimum atomic E-state index is -0.810. The van der Waals surface area contributed by atoms with Gasteiger partial charge >= 0.3 is 11.7 Å². The summed E-state index contributed by atoms with van der Waals surface area (Å²) in [7, 11) is 1.27. The van der Waals surface area contributed by atoms with Gasteiger partial charge in [0.2, 0.25) is 0 Å². The van der Waals surface area contributed by atoms with Crippen molar-refractivity contribution in [2.24, 2.45) is 5.92 Å². The Hall–Kier alpha value is -2.87. The van der Waals surface area contributed by atoms with Gasteiger partial charge in [-0.15, -0.1) is 11.3 Å². The van der Waals surface area contributed by atoms with E-state index >= 15 is 0 Å². The molecule has 182 valence electrons. The van der Waals surface area contributed by atoms with Crippen molar-refractivity contribution in [3.05, 3.63) is 62.0 Å². The molecule has 0 saturated carbocycles. The first-order valence-corrected chi connectivity index (χ1v) is 11.9. The van der Waals surface area contributed by atoms with Crippen molar-refractivity contribution < 1.29 is 23.8 Å². The highest BCUT2D eigenvalue weighted by Crippen LogP contribution is 2.26. The molecule has 2 atom stereocenters. The Bertz CT molecular complexity index is 991. The third kappa shape index (κ3) is 9.26. The summed E-state index contributed by atoms with van der Waals surface area (Å²) < 4.78 is 9.65. The molecule has 0 aliphatic rings. The number of alkyl carbamates (subject to hydrolysis) is 1. The lowest BCUT2D eigenvalue weighted by Gasteiger charge is -2.12. The van der Waals surface area contributed by atoms with Crippen LogP contribution >= 0.6 is 11.3 Å². The van der Waals surface area contributed by atoms with Crippen molar-refractivity contribution in [2.45, 2.75) is 66.2 Å². The van der Waals surface area contributed by atoms with E-state index < -0.39 is 17.5 Å². The lowest BCUT2D eigenvalue weighted by molar-refractivity contribution is 0.0919. The minimum absolute atomic E-state index is 0.144. The number of aryl methyl sites for hydroxylation is 2. The second kappa shape index (κ2) is 14.3. The van der Waals surface area contributed by atoms with E-state index in [1.807, 2.05) is 25.2 Å². The number of carbonyl (C=O) groups is 2. The number of hydrogen-bond donors (Lipinski definition) is 2. The average molecular weight is 478 g/mol. The average Bonchev–Trinajstić information content (AvgIpc) is 3.23. The molecular formula is C25H35NO6S. The number of amides is 1. The van der Waals surface area contributed by atoms with Gasteiger partial charge in [0, 0.05) is 33.9 Å². The van der Waals surface area contributed by atoms with E-state index in [9.17, 15) is 19.5 Å². The highest BCUT2D eigenvalue weighted by molar-refractivity contribution is 7.11. The molecule has 0 spiro atoms. The molecule has 1 amide bonds. The van der Waals surface area contributed by atoms with Crippen molar-refractivity contribution in [2.75, 3.05) is 7.11 Å². The normalized spacial score (nSPS) is 12.5. The fraction of sp³-hybridized carbons (Fsp3) is 0.480. The highest BCUT2D eigenvalue weighted by Gasteiger charge is 2.24. The number of nitrogens with one attached hydrogen (secondary N) is 1. The Morgan fingerprint density at radius 3 is 2.45 bits per heavy atom. The van der Waals surface area contributed by atoms with Gasteiger partial charge in [-0.2, -0.15) is 0 Å². The Labute approximate surface area is 199 Å². The topological polar surface area (TPSA) is 106 Å². The predicted molar refractivity (Wildman–Crippen MR) is 131 cm³/mol. The number of ketones is 1. The van der Waals surface area contributed by atoms with E-state index in [2.05, 4.69) is 36.0 Å². The van der Waals surface area contributed by atoms with E-state index in [-0.39, 0.29) is 23.1 Å². The van der Waals surface area contributed by atoms with Crippen LogP contribution in [0.1, 0.15) is 78.7 Å². The number of carbonyl (C=O) groups excluding carboxylic acids is 2. The summed E-state index contributed by atoms with van der Waals surface area (Å²) in [6, 6.07) is 5.70. The van der Waals surface area contributed by atoms with Gasteiger partial charge in [0.15, 0.2) is 5.78 Å². The summed E-state index contributed by atoms with van der Waals surface area (Å²) in [6.45, 7) is 9.71. The molecule has 8 heteroatoms. The number of methoxy groups -OCH3 is 1. The van der Waals surface area contributed by atoms with E-state index in [1.165, 1.54) is 35.6 Å². The Morgan fingerprint density at radius 2 is 1.97 bits per heavy atom. The zero-order valence-electron chi connectivity index (χ0n) is 20.3. The van der Waals surface area contributed by atoms with Crippen molar-refractivity contribution in [1.29, 1.82) is 0 Å². The first kappa shape index (κ1) is 28.2. The molecule has 2 rings (SSSR count). The second-order valence-electron chi connectivity index (χ2n) is 7.75. The van der Waals surface area contributed by atoms with Crippen molar-refractivity contribution in [3.63, 3.8) is 0 Å². The number of hydrogen-bond acceptors (Lipinski definition) is 7. The summed E-state index contributed by atoms with van der Waals surface area (Å²) >= 11 is 1.89. The fourth-order valence-corrected chi connectivity index (χ4v) is 3.66. The number of allylic oxidation sites excluding steroid dienone is 1. The van der Waals surface area contributed by atoms with Gasteiger partial charge in [0.25, 0.3) is 0 Å². The first-order valence-electron chi connectivity index (χ1n) is 11.1. The maximum Gasteiger partial charge on any atom is 0.410 e. The van der Waals surface area contributed by atoms with Crippen molar-refractivity contribution in [3.8, 4) is 5.75 Å². The molecule has 2 aromatic heterocycles. The lowest BCUT2D eigenvalue weighted by Crippen LogP contribution is -2.20. The van der Waals surface area contributed by atoms with Crippen LogP contribution in [0.3, 0.4) is 0 Å². The first-order chi connectivity index (χ1) is 15.6. The minimum Gasteiger partial charge on any atom is -0.507 e. The maximum atomic E-state index is 12.1. The van der Waals surface area contributed by atoms with Crippen LogP contribution in [0.5, 0.6) is 5.75 Å². The number of aromatic hydroxyl groups is 1. The molecule has 0 saturated heterocycles. The Morgan fingerprint density at radius 1 is 1.27 bits per heavy atom. The van der Waals surface area contributed by atoms with Crippen LogP contribution in [0, 0.1) is 12.8 Å².